The normalized spacial score (nSPS) is 30.1. The molecule has 2 aliphatic heterocycles. The van der Waals surface area contributed by atoms with Crippen molar-refractivity contribution < 1.29 is 4.79 Å². The molecule has 0 aromatic rings. The summed E-state index contributed by atoms with van der Waals surface area (Å²) in [6, 6.07) is 0.592. The third-order valence-corrected chi connectivity index (χ3v) is 3.63. The van der Waals surface area contributed by atoms with Crippen LogP contribution in [-0.4, -0.2) is 23.4 Å². The SMILES string of the molecule is O=C1CCCCCCC2CCCCN12. The molecule has 1 unspecified atom stereocenters. The smallest absolute Gasteiger partial charge is 0.222 e. The summed E-state index contributed by atoms with van der Waals surface area (Å²) < 4.78 is 0. The van der Waals surface area contributed by atoms with Crippen LogP contribution in [0.15, 0.2) is 0 Å². The summed E-state index contributed by atoms with van der Waals surface area (Å²) in [6.07, 6.45) is 10.9. The summed E-state index contributed by atoms with van der Waals surface area (Å²) in [6.45, 7) is 1.03. The zero-order valence-corrected chi connectivity index (χ0v) is 9.00. The monoisotopic (exact) mass is 195 g/mol. The highest BCUT2D eigenvalue weighted by molar-refractivity contribution is 5.76. The third-order valence-electron chi connectivity index (χ3n) is 3.63. The lowest BCUT2D eigenvalue weighted by molar-refractivity contribution is -0.134. The average molecular weight is 195 g/mol. The van der Waals surface area contributed by atoms with Gasteiger partial charge in [0.05, 0.1) is 0 Å². The molecule has 0 aromatic carbocycles. The highest BCUT2D eigenvalue weighted by Crippen LogP contribution is 2.24. The second-order valence-corrected chi connectivity index (χ2v) is 4.69. The molecule has 0 aromatic heterocycles. The van der Waals surface area contributed by atoms with E-state index in [-0.39, 0.29) is 0 Å². The van der Waals surface area contributed by atoms with Crippen LogP contribution in [0.3, 0.4) is 0 Å². The van der Waals surface area contributed by atoms with Crippen LogP contribution in [0, 0.1) is 0 Å². The minimum absolute atomic E-state index is 0.427. The van der Waals surface area contributed by atoms with Gasteiger partial charge in [-0.2, -0.15) is 0 Å². The van der Waals surface area contributed by atoms with Crippen LogP contribution in [0.2, 0.25) is 0 Å². The van der Waals surface area contributed by atoms with E-state index in [2.05, 4.69) is 4.90 Å². The fourth-order valence-electron chi connectivity index (χ4n) is 2.78. The molecule has 2 saturated heterocycles. The van der Waals surface area contributed by atoms with Gasteiger partial charge in [0.1, 0.15) is 0 Å². The minimum Gasteiger partial charge on any atom is -0.340 e. The van der Waals surface area contributed by atoms with Crippen LogP contribution >= 0.6 is 0 Å². The van der Waals surface area contributed by atoms with Crippen molar-refractivity contribution in [3.05, 3.63) is 0 Å². The van der Waals surface area contributed by atoms with Gasteiger partial charge in [0.25, 0.3) is 0 Å². The summed E-state index contributed by atoms with van der Waals surface area (Å²) in [5, 5.41) is 0. The van der Waals surface area contributed by atoms with Gasteiger partial charge in [-0.25, -0.2) is 0 Å². The van der Waals surface area contributed by atoms with Crippen molar-refractivity contribution in [2.24, 2.45) is 0 Å². The molecule has 0 N–H and O–H groups in total. The lowest BCUT2D eigenvalue weighted by Gasteiger charge is -2.35. The summed E-state index contributed by atoms with van der Waals surface area (Å²) in [5.74, 6) is 0.427. The Morgan fingerprint density at radius 3 is 2.50 bits per heavy atom. The predicted octanol–water partition coefficient (Wildman–Crippen LogP) is 2.72. The van der Waals surface area contributed by atoms with Gasteiger partial charge in [-0.3, -0.25) is 4.79 Å². The second-order valence-electron chi connectivity index (χ2n) is 4.69. The number of piperidine rings is 1. The van der Waals surface area contributed by atoms with Gasteiger partial charge in [0, 0.05) is 19.0 Å². The number of rotatable bonds is 0. The van der Waals surface area contributed by atoms with Crippen molar-refractivity contribution in [3.63, 3.8) is 0 Å². The van der Waals surface area contributed by atoms with Crippen LogP contribution in [0.5, 0.6) is 0 Å². The Hall–Kier alpha value is -0.530. The number of amides is 1. The first-order valence-corrected chi connectivity index (χ1v) is 6.17. The number of hydrogen-bond acceptors (Lipinski definition) is 1. The average Bonchev–Trinajstić information content (AvgIpc) is 2.30. The van der Waals surface area contributed by atoms with Gasteiger partial charge in [0.2, 0.25) is 5.91 Å². The van der Waals surface area contributed by atoms with Crippen molar-refractivity contribution >= 4 is 5.91 Å². The summed E-state index contributed by atoms with van der Waals surface area (Å²) in [7, 11) is 0. The van der Waals surface area contributed by atoms with Gasteiger partial charge in [-0.05, 0) is 32.1 Å². The molecule has 2 heterocycles. The highest BCUT2D eigenvalue weighted by atomic mass is 16.2. The van der Waals surface area contributed by atoms with Gasteiger partial charge in [-0.1, -0.05) is 19.3 Å². The molecule has 0 saturated carbocycles. The first-order valence-electron chi connectivity index (χ1n) is 6.17. The van der Waals surface area contributed by atoms with Crippen molar-refractivity contribution in [2.45, 2.75) is 63.8 Å². The van der Waals surface area contributed by atoms with Gasteiger partial charge < -0.3 is 4.90 Å². The maximum Gasteiger partial charge on any atom is 0.222 e. The molecule has 2 aliphatic rings. The van der Waals surface area contributed by atoms with E-state index in [0.717, 1.165) is 19.4 Å². The topological polar surface area (TPSA) is 20.3 Å². The Kier molecular flexibility index (Phi) is 3.44. The van der Waals surface area contributed by atoms with Crippen LogP contribution in [-0.2, 0) is 4.79 Å². The van der Waals surface area contributed by atoms with Crippen molar-refractivity contribution in [2.75, 3.05) is 6.54 Å². The first-order chi connectivity index (χ1) is 6.88. The molecule has 2 rings (SSSR count). The van der Waals surface area contributed by atoms with Crippen LogP contribution in [0.25, 0.3) is 0 Å². The number of carbonyl (C=O) groups is 1. The zero-order valence-electron chi connectivity index (χ0n) is 9.00. The van der Waals surface area contributed by atoms with E-state index in [9.17, 15) is 4.79 Å². The maximum atomic E-state index is 11.9. The lowest BCUT2D eigenvalue weighted by atomic mass is 9.97. The zero-order chi connectivity index (χ0) is 9.80. The number of carbonyl (C=O) groups excluding carboxylic acids is 1. The second kappa shape index (κ2) is 4.81. The molecule has 0 radical (unpaired) electrons. The Bertz CT molecular complexity index is 202. The van der Waals surface area contributed by atoms with E-state index in [4.69, 9.17) is 0 Å². The Morgan fingerprint density at radius 1 is 0.929 bits per heavy atom. The first kappa shape index (κ1) is 10.0. The predicted molar refractivity (Wildman–Crippen MR) is 57.1 cm³/mol. The van der Waals surface area contributed by atoms with E-state index in [1.807, 2.05) is 0 Å². The molecule has 14 heavy (non-hydrogen) atoms. The fourth-order valence-corrected chi connectivity index (χ4v) is 2.78. The Morgan fingerprint density at radius 2 is 1.64 bits per heavy atom. The Labute approximate surface area is 86.7 Å². The summed E-state index contributed by atoms with van der Waals surface area (Å²) in [4.78, 5) is 14.1. The van der Waals surface area contributed by atoms with E-state index in [1.54, 1.807) is 0 Å². The minimum atomic E-state index is 0.427. The van der Waals surface area contributed by atoms with Gasteiger partial charge in [-0.15, -0.1) is 0 Å². The lowest BCUT2D eigenvalue weighted by Crippen LogP contribution is -2.43. The molecule has 0 bridgehead atoms. The molecule has 2 fully saturated rings. The number of hydrogen-bond donors (Lipinski definition) is 0. The molecule has 2 nitrogen and oxygen atoms in total. The maximum absolute atomic E-state index is 11.9. The van der Waals surface area contributed by atoms with E-state index < -0.39 is 0 Å². The molecule has 80 valence electrons. The largest absolute Gasteiger partial charge is 0.340 e. The molecular weight excluding hydrogens is 174 g/mol. The third kappa shape index (κ3) is 2.28. The summed E-state index contributed by atoms with van der Waals surface area (Å²) >= 11 is 0. The molecule has 0 aliphatic carbocycles. The quantitative estimate of drug-likeness (QED) is 0.582. The standard InChI is InChI=1S/C12H21NO/c14-12-9-4-2-1-3-7-11-8-5-6-10-13(11)12/h11H,1-10H2. The molecule has 1 amide bonds. The van der Waals surface area contributed by atoms with Crippen LogP contribution in [0.4, 0.5) is 0 Å². The van der Waals surface area contributed by atoms with Crippen molar-refractivity contribution in [1.29, 1.82) is 0 Å². The fraction of sp³-hybridized carbons (Fsp3) is 0.917. The van der Waals surface area contributed by atoms with Crippen LogP contribution in [0.1, 0.15) is 57.8 Å². The van der Waals surface area contributed by atoms with E-state index in [0.29, 0.717) is 11.9 Å². The highest BCUT2D eigenvalue weighted by Gasteiger charge is 2.26. The van der Waals surface area contributed by atoms with Gasteiger partial charge >= 0.3 is 0 Å². The number of nitrogens with zero attached hydrogens (tertiary/aromatic N) is 1. The van der Waals surface area contributed by atoms with E-state index >= 15 is 0 Å². The molecule has 1 atom stereocenters. The molecule has 2 heteroatoms. The summed E-state index contributed by atoms with van der Waals surface area (Å²) in [5.41, 5.74) is 0. The molecule has 0 spiro atoms. The van der Waals surface area contributed by atoms with Crippen molar-refractivity contribution in [1.82, 2.24) is 4.90 Å². The number of fused-ring (bicyclic) bond motifs is 1. The molecular formula is C12H21NO. The van der Waals surface area contributed by atoms with Crippen LogP contribution < -0.4 is 0 Å². The van der Waals surface area contributed by atoms with Gasteiger partial charge in [0.15, 0.2) is 0 Å². The Balaban J connectivity index is 2.01. The van der Waals surface area contributed by atoms with Crippen molar-refractivity contribution in [3.8, 4) is 0 Å². The van der Waals surface area contributed by atoms with E-state index in [1.165, 1.54) is 44.9 Å².